The minimum atomic E-state index is -0.0201. The van der Waals surface area contributed by atoms with Crippen LogP contribution in [0, 0.1) is 6.92 Å². The number of aromatic nitrogens is 3. The number of anilines is 1. The summed E-state index contributed by atoms with van der Waals surface area (Å²) in [6.07, 6.45) is 1.94. The first kappa shape index (κ1) is 14.2. The first-order valence-electron chi connectivity index (χ1n) is 6.57. The molecule has 0 aliphatic heterocycles. The van der Waals surface area contributed by atoms with E-state index in [1.54, 1.807) is 10.6 Å². The number of nitrogens with zero attached hydrogens (tertiary/aromatic N) is 3. The van der Waals surface area contributed by atoms with Crippen LogP contribution < -0.4 is 5.32 Å². The third kappa shape index (κ3) is 2.96. The van der Waals surface area contributed by atoms with E-state index >= 15 is 0 Å². The molecule has 3 aromatic rings. The van der Waals surface area contributed by atoms with Crippen LogP contribution in [-0.4, -0.2) is 14.6 Å². The van der Waals surface area contributed by atoms with Crippen LogP contribution in [-0.2, 0) is 0 Å². The van der Waals surface area contributed by atoms with Gasteiger partial charge in [-0.05, 0) is 43.2 Å². The maximum atomic E-state index is 6.22. The van der Waals surface area contributed by atoms with E-state index in [0.717, 1.165) is 16.8 Å². The zero-order valence-corrected chi connectivity index (χ0v) is 13.2. The van der Waals surface area contributed by atoms with Crippen LogP contribution in [0.2, 0.25) is 10.0 Å². The molecule has 6 heteroatoms. The molecule has 0 radical (unpaired) electrons. The summed E-state index contributed by atoms with van der Waals surface area (Å²) in [5.74, 6) is 0.569. The quantitative estimate of drug-likeness (QED) is 0.771. The molecule has 108 valence electrons. The fourth-order valence-electron chi connectivity index (χ4n) is 2.17. The fraction of sp³-hybridized carbons (Fsp3) is 0.200. The number of fused-ring (bicyclic) bond motifs is 1. The molecule has 1 aromatic carbocycles. The molecule has 0 aliphatic rings. The maximum absolute atomic E-state index is 6.22. The van der Waals surface area contributed by atoms with Gasteiger partial charge in [0.2, 0.25) is 5.95 Å². The van der Waals surface area contributed by atoms with Crippen LogP contribution in [0.4, 0.5) is 5.95 Å². The van der Waals surface area contributed by atoms with E-state index in [1.165, 1.54) is 0 Å². The number of pyridine rings is 1. The van der Waals surface area contributed by atoms with Crippen LogP contribution in [0.1, 0.15) is 24.1 Å². The Bertz CT molecular complexity index is 797. The molecule has 0 bridgehead atoms. The average Bonchev–Trinajstić information content (AvgIpc) is 2.79. The summed E-state index contributed by atoms with van der Waals surface area (Å²) in [6.45, 7) is 4.02. The molecule has 4 nitrogen and oxygen atoms in total. The monoisotopic (exact) mass is 320 g/mol. The van der Waals surface area contributed by atoms with Gasteiger partial charge in [-0.2, -0.15) is 4.98 Å². The normalized spacial score (nSPS) is 12.6. The summed E-state index contributed by atoms with van der Waals surface area (Å²) in [4.78, 5) is 4.44. The summed E-state index contributed by atoms with van der Waals surface area (Å²) >= 11 is 12.1. The Morgan fingerprint density at radius 1 is 1.19 bits per heavy atom. The first-order valence-corrected chi connectivity index (χ1v) is 7.33. The fourth-order valence-corrected chi connectivity index (χ4v) is 2.74. The van der Waals surface area contributed by atoms with Gasteiger partial charge >= 0.3 is 0 Å². The van der Waals surface area contributed by atoms with Crippen molar-refractivity contribution in [1.82, 2.24) is 14.6 Å². The van der Waals surface area contributed by atoms with Crippen molar-refractivity contribution in [3.8, 4) is 0 Å². The van der Waals surface area contributed by atoms with Gasteiger partial charge in [-0.15, -0.1) is 5.10 Å². The highest BCUT2D eigenvalue weighted by Crippen LogP contribution is 2.27. The molecule has 0 amide bonds. The van der Waals surface area contributed by atoms with Crippen LogP contribution in [0.25, 0.3) is 5.65 Å². The zero-order valence-electron chi connectivity index (χ0n) is 11.6. The topological polar surface area (TPSA) is 42.2 Å². The average molecular weight is 321 g/mol. The number of rotatable bonds is 3. The first-order chi connectivity index (χ1) is 10.0. The van der Waals surface area contributed by atoms with Crippen molar-refractivity contribution in [2.75, 3.05) is 5.32 Å². The minimum Gasteiger partial charge on any atom is -0.346 e. The molecule has 0 saturated carbocycles. The van der Waals surface area contributed by atoms with E-state index in [4.69, 9.17) is 23.2 Å². The summed E-state index contributed by atoms with van der Waals surface area (Å²) in [6, 6.07) is 9.38. The van der Waals surface area contributed by atoms with Gasteiger partial charge in [0, 0.05) is 16.2 Å². The van der Waals surface area contributed by atoms with Crippen molar-refractivity contribution in [2.45, 2.75) is 19.9 Å². The summed E-state index contributed by atoms with van der Waals surface area (Å²) in [5.41, 5.74) is 2.89. The highest BCUT2D eigenvalue weighted by Gasteiger charge is 2.12. The Balaban J connectivity index is 1.87. The van der Waals surface area contributed by atoms with Crippen LogP contribution >= 0.6 is 23.2 Å². The summed E-state index contributed by atoms with van der Waals surface area (Å²) in [7, 11) is 0. The second-order valence-corrected chi connectivity index (χ2v) is 5.82. The Kier molecular flexibility index (Phi) is 3.74. The van der Waals surface area contributed by atoms with Crippen LogP contribution in [0.15, 0.2) is 36.5 Å². The molecule has 0 fully saturated rings. The van der Waals surface area contributed by atoms with E-state index in [2.05, 4.69) is 15.4 Å². The van der Waals surface area contributed by atoms with Gasteiger partial charge in [-0.3, -0.25) is 0 Å². The van der Waals surface area contributed by atoms with Gasteiger partial charge in [0.05, 0.1) is 6.04 Å². The molecule has 1 atom stereocenters. The summed E-state index contributed by atoms with van der Waals surface area (Å²) in [5, 5.41) is 8.92. The van der Waals surface area contributed by atoms with Gasteiger partial charge in [-0.25, -0.2) is 4.52 Å². The highest BCUT2D eigenvalue weighted by atomic mass is 35.5. The van der Waals surface area contributed by atoms with Crippen molar-refractivity contribution in [3.63, 3.8) is 0 Å². The zero-order chi connectivity index (χ0) is 15.0. The lowest BCUT2D eigenvalue weighted by Crippen LogP contribution is -2.08. The van der Waals surface area contributed by atoms with Gasteiger partial charge in [0.25, 0.3) is 0 Å². The van der Waals surface area contributed by atoms with E-state index in [0.29, 0.717) is 16.0 Å². The number of halogens is 2. The predicted molar refractivity (Wildman–Crippen MR) is 86.2 cm³/mol. The van der Waals surface area contributed by atoms with Gasteiger partial charge in [-0.1, -0.05) is 35.3 Å². The molecule has 2 heterocycles. The SMILES string of the molecule is Cc1ccc2nc(NC(C)c3ccc(Cl)cc3Cl)nn2c1. The number of aryl methyl sites for hydroxylation is 1. The third-order valence-electron chi connectivity index (χ3n) is 3.25. The van der Waals surface area contributed by atoms with Crippen molar-refractivity contribution in [3.05, 3.63) is 57.7 Å². The Labute approximate surface area is 132 Å². The van der Waals surface area contributed by atoms with E-state index in [9.17, 15) is 0 Å². The van der Waals surface area contributed by atoms with Gasteiger partial charge in [0.15, 0.2) is 5.65 Å². The Hall–Kier alpha value is -1.78. The molecular formula is C15H14Cl2N4. The molecule has 2 aromatic heterocycles. The van der Waals surface area contributed by atoms with Gasteiger partial charge < -0.3 is 5.32 Å². The molecule has 0 spiro atoms. The molecule has 0 saturated heterocycles. The number of hydrogen-bond donors (Lipinski definition) is 1. The van der Waals surface area contributed by atoms with Crippen LogP contribution in [0.3, 0.4) is 0 Å². The Morgan fingerprint density at radius 3 is 2.76 bits per heavy atom. The summed E-state index contributed by atoms with van der Waals surface area (Å²) < 4.78 is 1.76. The number of nitrogens with one attached hydrogen (secondary N) is 1. The maximum Gasteiger partial charge on any atom is 0.243 e. The molecule has 21 heavy (non-hydrogen) atoms. The predicted octanol–water partition coefficient (Wildman–Crippen LogP) is 4.52. The molecular weight excluding hydrogens is 307 g/mol. The molecule has 3 rings (SSSR count). The lowest BCUT2D eigenvalue weighted by Gasteiger charge is -2.14. The standard InChI is InChI=1S/C15H14Cl2N4/c1-9-3-6-14-19-15(20-21(14)8-9)18-10(2)12-5-4-11(16)7-13(12)17/h3-8,10H,1-2H3,(H,18,20). The molecule has 1 unspecified atom stereocenters. The molecule has 0 aliphatic carbocycles. The van der Waals surface area contributed by atoms with Crippen molar-refractivity contribution >= 4 is 34.8 Å². The smallest absolute Gasteiger partial charge is 0.243 e. The molecule has 1 N–H and O–H groups in total. The van der Waals surface area contributed by atoms with Crippen LogP contribution in [0.5, 0.6) is 0 Å². The van der Waals surface area contributed by atoms with E-state index in [-0.39, 0.29) is 6.04 Å². The number of hydrogen-bond acceptors (Lipinski definition) is 3. The van der Waals surface area contributed by atoms with Crippen molar-refractivity contribution in [2.24, 2.45) is 0 Å². The Morgan fingerprint density at radius 2 is 2.00 bits per heavy atom. The van der Waals surface area contributed by atoms with Crippen molar-refractivity contribution in [1.29, 1.82) is 0 Å². The van der Waals surface area contributed by atoms with E-state index < -0.39 is 0 Å². The lowest BCUT2D eigenvalue weighted by molar-refractivity contribution is 0.852. The van der Waals surface area contributed by atoms with E-state index in [1.807, 2.05) is 44.3 Å². The lowest BCUT2D eigenvalue weighted by atomic mass is 10.1. The minimum absolute atomic E-state index is 0.0201. The second-order valence-electron chi connectivity index (χ2n) is 4.98. The van der Waals surface area contributed by atoms with Crippen molar-refractivity contribution < 1.29 is 0 Å². The highest BCUT2D eigenvalue weighted by molar-refractivity contribution is 6.35. The second kappa shape index (κ2) is 5.54. The number of benzene rings is 1. The third-order valence-corrected chi connectivity index (χ3v) is 3.82. The van der Waals surface area contributed by atoms with Gasteiger partial charge in [0.1, 0.15) is 0 Å². The largest absolute Gasteiger partial charge is 0.346 e.